The van der Waals surface area contributed by atoms with Crippen LogP contribution in [0.3, 0.4) is 0 Å². The second kappa shape index (κ2) is 12.7. The molecule has 1 aliphatic heterocycles. The van der Waals surface area contributed by atoms with Crippen LogP contribution in [0, 0.1) is 64.0 Å². The average molecular weight is 682 g/mol. The molecule has 0 spiro atoms. The van der Waals surface area contributed by atoms with Crippen LogP contribution in [0.15, 0.2) is 22.8 Å². The molecule has 7 nitrogen and oxygen atoms in total. The van der Waals surface area contributed by atoms with Gasteiger partial charge in [-0.25, -0.2) is 0 Å². The number of aliphatic hydroxyl groups excluding tert-OH is 1. The average Bonchev–Trinajstić information content (AvgIpc) is 3.60. The summed E-state index contributed by atoms with van der Waals surface area (Å²) in [6, 6.07) is 0. The monoisotopic (exact) mass is 682 g/mol. The van der Waals surface area contributed by atoms with Crippen molar-refractivity contribution in [3.8, 4) is 0 Å². The summed E-state index contributed by atoms with van der Waals surface area (Å²) in [7, 11) is 0. The zero-order valence-corrected chi connectivity index (χ0v) is 29.6. The smallest absolute Gasteiger partial charge is 0.309 e. The minimum atomic E-state index is -3.97. The maximum Gasteiger partial charge on any atom is 0.309 e. The highest BCUT2D eigenvalue weighted by Crippen LogP contribution is 2.74. The molecule has 4 saturated carbocycles. The molecule has 0 aromatic heterocycles. The second-order valence-corrected chi connectivity index (χ2v) is 15.3. The lowest BCUT2D eigenvalue weighted by Crippen LogP contribution is -2.69. The van der Waals surface area contributed by atoms with Gasteiger partial charge < -0.3 is 19.3 Å². The molecule has 48 heavy (non-hydrogen) atoms. The molecule has 13 atom stereocenters. The van der Waals surface area contributed by atoms with Crippen LogP contribution in [0.2, 0.25) is 0 Å². The molecule has 0 radical (unpaired) electrons. The Labute approximate surface area is 310 Å². The number of carbonyl (C=O) groups excluding carboxylic acids is 3. The second-order valence-electron chi connectivity index (χ2n) is 15.3. The van der Waals surface area contributed by atoms with Gasteiger partial charge in [0.15, 0.2) is 24.3 Å². The van der Waals surface area contributed by atoms with E-state index in [0.717, 1.165) is 11.1 Å². The number of ether oxygens (including phenoxy) is 3. The standard InChI is InChI=1S/C41H62O7/c1-11-39-27(10)36(44)35-30(17-16-28-18-32(42)25(8)26(9)40(28,35)22(4)5)31(39)19-34-41(39,33(43)20-46-37(45)24(7)21(2)3)48-38(47-34)29-15-13-12-14-23(29)6/h18,21-24,27,29-31,34-36,38,44H,11-17,19-20H2,1-10H3/t23?,24?,27?,29?,30-,31-,34+,35+,36-,38-,39-,40-,41+/m0/s1/i7D3,12D2,13D2,14D2,15D2,21D,23D,29D,38D. The Hall–Kier alpha value is -1.83. The third kappa shape index (κ3) is 4.71. The van der Waals surface area contributed by atoms with E-state index in [0.29, 0.717) is 25.3 Å². The third-order valence-corrected chi connectivity index (χ3v) is 13.3. The van der Waals surface area contributed by atoms with E-state index < -0.39 is 133 Å². The number of carbonyl (C=O) groups is 3. The van der Waals surface area contributed by atoms with Gasteiger partial charge in [-0.1, -0.05) is 85.6 Å². The molecular weight excluding hydrogens is 604 g/mol. The van der Waals surface area contributed by atoms with Crippen molar-refractivity contribution in [2.45, 2.75) is 144 Å². The number of hydrogen-bond donors (Lipinski definition) is 1. The molecule has 0 aromatic carbocycles. The molecule has 5 aliphatic carbocycles. The van der Waals surface area contributed by atoms with Crippen LogP contribution in [0.5, 0.6) is 0 Å². The Balaban J connectivity index is 1.59. The molecule has 0 bridgehead atoms. The minimum absolute atomic E-state index is 0.0314. The summed E-state index contributed by atoms with van der Waals surface area (Å²) < 4.78 is 150. The fourth-order valence-electron chi connectivity index (χ4n) is 11.1. The zero-order valence-electron chi connectivity index (χ0n) is 44.6. The summed E-state index contributed by atoms with van der Waals surface area (Å²) >= 11 is 0. The summed E-state index contributed by atoms with van der Waals surface area (Å²) in [6.07, 6.45) is -19.8. The fourth-order valence-corrected chi connectivity index (χ4v) is 11.1. The lowest BCUT2D eigenvalue weighted by atomic mass is 9.39. The summed E-state index contributed by atoms with van der Waals surface area (Å²) in [5, 5.41) is 13.0. The first-order chi connectivity index (χ1) is 28.2. The van der Waals surface area contributed by atoms with E-state index in [1.807, 2.05) is 20.8 Å². The molecule has 268 valence electrons. The van der Waals surface area contributed by atoms with Gasteiger partial charge in [-0.2, -0.15) is 0 Å². The molecule has 0 amide bonds. The molecule has 7 heteroatoms. The van der Waals surface area contributed by atoms with Gasteiger partial charge in [-0.05, 0) is 93.0 Å². The maximum atomic E-state index is 15.5. The van der Waals surface area contributed by atoms with Gasteiger partial charge in [-0.3, -0.25) is 14.4 Å². The Morgan fingerprint density at radius 2 is 1.92 bits per heavy atom. The molecular formula is C41H62O7. The van der Waals surface area contributed by atoms with E-state index in [1.54, 1.807) is 26.8 Å². The lowest BCUT2D eigenvalue weighted by Gasteiger charge is -2.66. The highest BCUT2D eigenvalue weighted by atomic mass is 16.7. The van der Waals surface area contributed by atoms with Crippen LogP contribution < -0.4 is 0 Å². The summed E-state index contributed by atoms with van der Waals surface area (Å²) in [5.41, 5.74) is -2.87. The zero-order chi connectivity index (χ0) is 48.4. The first-order valence-corrected chi connectivity index (χ1v) is 17.4. The van der Waals surface area contributed by atoms with E-state index >= 15 is 4.79 Å². The SMILES string of the molecule is [2H]C([2H])([2H])C(C(=O)OCC(=O)[C@@]12O[C@@]([2H])(C3([2H])C([2H])([2H])C([2H])([2H])C([2H])([2H])C([2H])([2H])C3([2H])C)O[C@@H]1C[C@H]1[C@@H]3CCC4=CC(=O)C(C)=C(C)[C@]4(C(C)C)[C@H]3[C@@H](O)C(C)[C@@]12CC)C([2H])(C)C. The van der Waals surface area contributed by atoms with Crippen LogP contribution in [0.4, 0.5) is 0 Å². The molecule has 6 aliphatic rings. The predicted octanol–water partition coefficient (Wildman–Crippen LogP) is 7.64. The van der Waals surface area contributed by atoms with Gasteiger partial charge >= 0.3 is 5.97 Å². The highest BCUT2D eigenvalue weighted by Gasteiger charge is 2.80. The van der Waals surface area contributed by atoms with Gasteiger partial charge in [0.25, 0.3) is 0 Å². The number of allylic oxidation sites excluding steroid dienone is 4. The van der Waals surface area contributed by atoms with Gasteiger partial charge in [0.05, 0.1) is 19.5 Å². The van der Waals surface area contributed by atoms with Crippen molar-refractivity contribution in [1.29, 1.82) is 0 Å². The van der Waals surface area contributed by atoms with Gasteiger partial charge in [0.1, 0.15) is 0 Å². The van der Waals surface area contributed by atoms with Gasteiger partial charge in [-0.15, -0.1) is 0 Å². The van der Waals surface area contributed by atoms with E-state index in [9.17, 15) is 18.8 Å². The molecule has 1 heterocycles. The van der Waals surface area contributed by atoms with Crippen molar-refractivity contribution in [2.75, 3.05) is 6.61 Å². The summed E-state index contributed by atoms with van der Waals surface area (Å²) in [4.78, 5) is 42.4. The van der Waals surface area contributed by atoms with Crippen LogP contribution in [0.1, 0.15) is 141 Å². The Bertz CT molecular complexity index is 1980. The molecule has 6 rings (SSSR count). The van der Waals surface area contributed by atoms with Crippen molar-refractivity contribution >= 4 is 17.5 Å². The molecule has 0 aromatic rings. The Kier molecular flexibility index (Phi) is 5.71. The van der Waals surface area contributed by atoms with Crippen molar-refractivity contribution < 1.29 is 54.3 Å². The molecule has 4 unspecified atom stereocenters. The lowest BCUT2D eigenvalue weighted by molar-refractivity contribution is -0.241. The summed E-state index contributed by atoms with van der Waals surface area (Å²) in [5.74, 6) is -16.8. The summed E-state index contributed by atoms with van der Waals surface area (Å²) in [6.45, 7) is 9.71. The largest absolute Gasteiger partial charge is 0.457 e. The molecule has 5 fully saturated rings. The Morgan fingerprint density at radius 1 is 1.21 bits per heavy atom. The molecule has 1 saturated heterocycles. The number of Topliss-reactive ketones (excluding diaryl/α,β-unsaturated/α-hetero) is 1. The first kappa shape index (κ1) is 21.5. The third-order valence-electron chi connectivity index (χ3n) is 13.3. The van der Waals surface area contributed by atoms with E-state index in [1.165, 1.54) is 13.8 Å². The predicted molar refractivity (Wildman–Crippen MR) is 185 cm³/mol. The maximum absolute atomic E-state index is 15.5. The van der Waals surface area contributed by atoms with Gasteiger partial charge in [0, 0.05) is 41.8 Å². The van der Waals surface area contributed by atoms with Crippen molar-refractivity contribution in [3.63, 3.8) is 0 Å². The number of esters is 1. The van der Waals surface area contributed by atoms with E-state index in [4.69, 9.17) is 30.7 Å². The van der Waals surface area contributed by atoms with Crippen LogP contribution in [-0.4, -0.2) is 53.3 Å². The van der Waals surface area contributed by atoms with Crippen LogP contribution >= 0.6 is 0 Å². The number of hydrogen-bond acceptors (Lipinski definition) is 7. The van der Waals surface area contributed by atoms with E-state index in [2.05, 4.69) is 0 Å². The quantitative estimate of drug-likeness (QED) is 0.263. The van der Waals surface area contributed by atoms with Crippen molar-refractivity contribution in [2.24, 2.45) is 64.0 Å². The fraction of sp³-hybridized carbons (Fsp3) is 0.829. The van der Waals surface area contributed by atoms with Crippen LogP contribution in [-0.2, 0) is 28.6 Å². The number of rotatable bonds is 8. The van der Waals surface area contributed by atoms with Crippen LogP contribution in [0.25, 0.3) is 0 Å². The minimum Gasteiger partial charge on any atom is -0.457 e. The highest BCUT2D eigenvalue weighted by molar-refractivity contribution is 6.06. The van der Waals surface area contributed by atoms with Crippen molar-refractivity contribution in [1.82, 2.24) is 0 Å². The van der Waals surface area contributed by atoms with E-state index in [-0.39, 0.29) is 24.5 Å². The Morgan fingerprint density at radius 3 is 2.56 bits per heavy atom. The topological polar surface area (TPSA) is 99.1 Å². The number of aliphatic hydroxyl groups is 1. The molecule has 1 N–H and O–H groups in total. The van der Waals surface area contributed by atoms with Crippen molar-refractivity contribution in [3.05, 3.63) is 22.8 Å². The normalized spacial score (nSPS) is 58.4. The first-order valence-electron chi connectivity index (χ1n) is 24.9. The number of fused-ring (bicyclic) bond motifs is 7. The van der Waals surface area contributed by atoms with Gasteiger partial charge in [0.2, 0.25) is 5.78 Å². The number of ketones is 2.